The van der Waals surface area contributed by atoms with Crippen LogP contribution < -0.4 is 16.6 Å². The topological polar surface area (TPSA) is 233 Å². The molecule has 0 saturated heterocycles. The van der Waals surface area contributed by atoms with E-state index in [1.165, 1.54) is 106 Å². The number of benzene rings is 5. The van der Waals surface area contributed by atoms with Crippen LogP contribution in [0.4, 0.5) is 69.7 Å². The van der Waals surface area contributed by atoms with Crippen molar-refractivity contribution in [3.05, 3.63) is 182 Å². The van der Waals surface area contributed by atoms with Gasteiger partial charge in [-0.3, -0.25) is 19.2 Å². The molecule has 2 heterocycles. The number of aromatic carboxylic acids is 1. The van der Waals surface area contributed by atoms with Crippen LogP contribution >= 0.6 is 11.6 Å². The minimum absolute atomic E-state index is 0.00329. The van der Waals surface area contributed by atoms with Gasteiger partial charge in [-0.1, -0.05) is 90.5 Å². The highest BCUT2D eigenvalue weighted by molar-refractivity contribution is 6.67. The zero-order valence-electron chi connectivity index (χ0n) is 42.0. The van der Waals surface area contributed by atoms with E-state index in [1.807, 2.05) is 35.3 Å². The molecule has 5 aromatic carbocycles. The minimum Gasteiger partial charge on any atom is -0.477 e. The van der Waals surface area contributed by atoms with E-state index >= 15 is 0 Å². The third-order valence-electron chi connectivity index (χ3n) is 9.71. The second-order valence-corrected chi connectivity index (χ2v) is 15.8. The van der Waals surface area contributed by atoms with Crippen LogP contribution in [0.2, 0.25) is 0 Å². The summed E-state index contributed by atoms with van der Waals surface area (Å²) in [6.07, 6.45) is -19.4. The molecule has 0 aliphatic carbocycles. The number of anilines is 1. The molecule has 15 nitrogen and oxygen atoms in total. The highest BCUT2D eigenvalue weighted by atomic mass is 35.5. The monoisotopic (exact) mass is 1170 g/mol. The Morgan fingerprint density at radius 2 is 0.889 bits per heavy atom. The summed E-state index contributed by atoms with van der Waals surface area (Å²) >= 11 is 4.92. The number of rotatable bonds is 10. The fourth-order valence-corrected chi connectivity index (χ4v) is 6.43. The SMILES string of the molecule is CCOC(=O)C(C(=O)OCC)C(=Nc1ccccc1)C(F)(F)F.CCOC(=O)c1c(C(F)(F)F)[nH]c2ccccc2c1=O.FC(F)(F)C(Cl)=Nc1ccccc1.Nc1ccccc1.O=C(O)c1c(C(F)(F)F)[nH]c2ccccc2c1=O. The van der Waals surface area contributed by atoms with Crippen molar-refractivity contribution in [2.75, 3.05) is 25.6 Å². The Hall–Kier alpha value is -9.01. The second-order valence-electron chi connectivity index (χ2n) is 15.4. The van der Waals surface area contributed by atoms with Gasteiger partial charge in [0.15, 0.2) is 0 Å². The summed E-state index contributed by atoms with van der Waals surface area (Å²) in [6.45, 7) is 3.81. The lowest BCUT2D eigenvalue weighted by Crippen LogP contribution is -2.42. The third kappa shape index (κ3) is 20.0. The lowest BCUT2D eigenvalue weighted by atomic mass is 10.0. The first-order chi connectivity index (χ1) is 37.9. The number of nitrogens with two attached hydrogens (primary N) is 1. The molecular formula is C53H44ClF12N5O10. The first-order valence-electron chi connectivity index (χ1n) is 22.9. The maximum absolute atomic E-state index is 13.3. The van der Waals surface area contributed by atoms with E-state index < -0.39 is 98.8 Å². The summed E-state index contributed by atoms with van der Waals surface area (Å²) in [7, 11) is 0. The Kier molecular flexibility index (Phi) is 24.4. The number of hydrogen-bond acceptors (Lipinski definition) is 12. The first-order valence-corrected chi connectivity index (χ1v) is 23.3. The van der Waals surface area contributed by atoms with Crippen molar-refractivity contribution >= 4 is 85.2 Å². The summed E-state index contributed by atoms with van der Waals surface area (Å²) < 4.78 is 166. The van der Waals surface area contributed by atoms with Crippen molar-refractivity contribution in [1.82, 2.24) is 9.97 Å². The van der Waals surface area contributed by atoms with E-state index in [9.17, 15) is 81.5 Å². The van der Waals surface area contributed by atoms with Crippen molar-refractivity contribution in [3.8, 4) is 0 Å². The van der Waals surface area contributed by atoms with E-state index in [1.54, 1.807) is 24.3 Å². The van der Waals surface area contributed by atoms with E-state index in [-0.39, 0.29) is 53.0 Å². The standard InChI is InChI=1S/C15H16F3NO4.C13H10F3NO3.C11H6F3NO3.C8H5ClF3N.C6H7N/c1-3-22-13(20)11(14(21)23-4-2)12(15(16,17)18)19-10-8-6-5-7-9-10;1-2-20-12(19)9-10(18)7-5-3-4-6-8(7)17-11(9)13(14,15)16;12-11(13,14)9-7(10(17)18)8(16)5-3-1-2-4-6(5)15-9;9-7(8(10,11)12)13-6-4-2-1-3-5-6;7-6-4-2-1-3-5-6/h5-9,11H,3-4H2,1-2H3;3-6H,2H2,1H3,(H,17,18);1-4H,(H,15,16)(H,17,18);1-5H;1-5H,7H2. The predicted octanol–water partition coefficient (Wildman–Crippen LogP) is 12.8. The molecule has 0 bridgehead atoms. The van der Waals surface area contributed by atoms with Crippen LogP contribution in [-0.4, -0.2) is 82.0 Å². The Bertz CT molecular complexity index is 3410. The number of carboxylic acid groups (broad SMARTS) is 1. The van der Waals surface area contributed by atoms with E-state index in [0.29, 0.717) is 0 Å². The second kappa shape index (κ2) is 29.8. The molecule has 7 rings (SSSR count). The molecule has 0 radical (unpaired) electrons. The number of H-pyrrole nitrogens is 2. The minimum atomic E-state index is -5.00. The number of ether oxygens (including phenoxy) is 3. The van der Waals surface area contributed by atoms with Gasteiger partial charge in [0.1, 0.15) is 28.2 Å². The molecule has 432 valence electrons. The number of carbonyl (C=O) groups excluding carboxylic acids is 3. The highest BCUT2D eigenvalue weighted by Crippen LogP contribution is 2.33. The number of alkyl halides is 12. The molecule has 0 aliphatic rings. The van der Waals surface area contributed by atoms with Gasteiger partial charge < -0.3 is 35.0 Å². The number of carboxylic acids is 1. The molecule has 28 heteroatoms. The van der Waals surface area contributed by atoms with E-state index in [2.05, 4.69) is 29.2 Å². The number of aromatic amines is 2. The van der Waals surface area contributed by atoms with E-state index in [4.69, 9.17) is 22.4 Å². The molecule has 2 aromatic heterocycles. The lowest BCUT2D eigenvalue weighted by Gasteiger charge is -2.18. The molecule has 0 saturated carbocycles. The van der Waals surface area contributed by atoms with Crippen molar-refractivity contribution in [1.29, 1.82) is 0 Å². The number of halogens is 13. The number of esters is 3. The molecule has 5 N–H and O–H groups in total. The van der Waals surface area contributed by atoms with Crippen molar-refractivity contribution in [2.45, 2.75) is 45.5 Å². The normalized spacial score (nSPS) is 11.8. The summed E-state index contributed by atoms with van der Waals surface area (Å²) in [5, 5.41) is 7.30. The number of pyridine rings is 2. The van der Waals surface area contributed by atoms with Gasteiger partial charge in [0.2, 0.25) is 21.9 Å². The summed E-state index contributed by atoms with van der Waals surface area (Å²) in [5.41, 5.74) is -2.67. The van der Waals surface area contributed by atoms with Crippen LogP contribution in [0.3, 0.4) is 0 Å². The predicted molar refractivity (Wildman–Crippen MR) is 275 cm³/mol. The molecule has 0 aliphatic heterocycles. The summed E-state index contributed by atoms with van der Waals surface area (Å²) in [5.74, 6) is -8.17. The van der Waals surface area contributed by atoms with Crippen LogP contribution in [0.15, 0.2) is 159 Å². The fraction of sp³-hybridized carbons (Fsp3) is 0.208. The van der Waals surface area contributed by atoms with Gasteiger partial charge in [0.25, 0.3) is 0 Å². The van der Waals surface area contributed by atoms with Gasteiger partial charge in [0.05, 0.1) is 31.2 Å². The van der Waals surface area contributed by atoms with Crippen LogP contribution in [0.1, 0.15) is 52.9 Å². The van der Waals surface area contributed by atoms with Gasteiger partial charge in [-0.2, -0.15) is 52.7 Å². The quantitative estimate of drug-likeness (QED) is 0.0251. The van der Waals surface area contributed by atoms with Gasteiger partial charge in [-0.15, -0.1) is 0 Å². The third-order valence-corrected chi connectivity index (χ3v) is 10.0. The highest BCUT2D eigenvalue weighted by Gasteiger charge is 2.49. The number of carbonyl (C=O) groups is 4. The van der Waals surface area contributed by atoms with Crippen LogP contribution in [0, 0.1) is 5.92 Å². The zero-order chi connectivity index (χ0) is 60.9. The first kappa shape index (κ1) is 66.3. The maximum atomic E-state index is 13.3. The Morgan fingerprint density at radius 3 is 1.23 bits per heavy atom. The molecule has 7 aromatic rings. The van der Waals surface area contributed by atoms with Gasteiger partial charge >= 0.3 is 48.6 Å². The average Bonchev–Trinajstić information content (AvgIpc) is 3.49. The van der Waals surface area contributed by atoms with Crippen molar-refractivity contribution in [3.63, 3.8) is 0 Å². The number of nitrogen functional groups attached to an aromatic ring is 1. The Labute approximate surface area is 454 Å². The molecule has 0 atom stereocenters. The molecule has 0 unspecified atom stereocenters. The number of aromatic nitrogens is 2. The van der Waals surface area contributed by atoms with Gasteiger partial charge in [-0.05, 0) is 81.4 Å². The number of nitrogens with one attached hydrogen (secondary N) is 2. The number of aliphatic imine (C=N–C) groups is 2. The lowest BCUT2D eigenvalue weighted by molar-refractivity contribution is -0.160. The van der Waals surface area contributed by atoms with Crippen LogP contribution in [0.5, 0.6) is 0 Å². The number of hydrogen-bond donors (Lipinski definition) is 4. The molecule has 81 heavy (non-hydrogen) atoms. The molecular weight excluding hydrogens is 1130 g/mol. The van der Waals surface area contributed by atoms with Crippen molar-refractivity contribution < 1.29 is 91.2 Å². The number of nitrogens with zero attached hydrogens (tertiary/aromatic N) is 2. The fourth-order valence-electron chi connectivity index (χ4n) is 6.33. The largest absolute Gasteiger partial charge is 0.477 e. The Morgan fingerprint density at radius 1 is 0.531 bits per heavy atom. The molecule has 0 fully saturated rings. The van der Waals surface area contributed by atoms with Gasteiger partial charge in [0, 0.05) is 27.5 Å². The average molecular weight is 1170 g/mol. The number of fused-ring (bicyclic) bond motifs is 2. The smallest absolute Gasteiger partial charge is 0.444 e. The van der Waals surface area contributed by atoms with Gasteiger partial charge in [-0.25, -0.2) is 19.6 Å². The maximum Gasteiger partial charge on any atom is 0.444 e. The zero-order valence-corrected chi connectivity index (χ0v) is 42.7. The summed E-state index contributed by atoms with van der Waals surface area (Å²) in [4.78, 5) is 80.6. The van der Waals surface area contributed by atoms with Crippen LogP contribution in [-0.2, 0) is 36.2 Å². The van der Waals surface area contributed by atoms with Crippen molar-refractivity contribution in [2.24, 2.45) is 15.9 Å². The Balaban J connectivity index is 0.000000276. The molecule has 0 amide bonds. The van der Waals surface area contributed by atoms with Crippen LogP contribution in [0.25, 0.3) is 21.8 Å². The molecule has 0 spiro atoms. The summed E-state index contributed by atoms with van der Waals surface area (Å²) in [6, 6.07) is 35.5. The van der Waals surface area contributed by atoms with E-state index in [0.717, 1.165) is 5.69 Å². The number of para-hydroxylation sites is 5.